The van der Waals surface area contributed by atoms with Crippen molar-refractivity contribution in [1.29, 1.82) is 0 Å². The summed E-state index contributed by atoms with van der Waals surface area (Å²) in [5.74, 6) is -1.01. The Kier molecular flexibility index (Phi) is 6.31. The topological polar surface area (TPSA) is 75.7 Å². The van der Waals surface area contributed by atoms with E-state index in [1.807, 2.05) is 0 Å². The van der Waals surface area contributed by atoms with E-state index in [0.717, 1.165) is 19.3 Å². The molecule has 1 fully saturated rings. The molecule has 2 aromatic carbocycles. The SMILES string of the molecule is CCOc1ccc(S(=O)(=O)N2CCCCC2)cc1NC(=O)c1ccccc1F. The van der Waals surface area contributed by atoms with Crippen LogP contribution >= 0.6 is 0 Å². The number of hydrogen-bond acceptors (Lipinski definition) is 4. The number of ether oxygens (including phenoxy) is 1. The quantitative estimate of drug-likeness (QED) is 0.795. The molecule has 2 aromatic rings. The third-order valence-corrected chi connectivity index (χ3v) is 6.46. The summed E-state index contributed by atoms with van der Waals surface area (Å²) < 4.78 is 46.7. The first kappa shape index (κ1) is 20.3. The summed E-state index contributed by atoms with van der Waals surface area (Å²) in [5, 5.41) is 2.58. The first-order valence-corrected chi connectivity index (χ1v) is 10.7. The Morgan fingerprint density at radius 2 is 1.86 bits per heavy atom. The lowest BCUT2D eigenvalue weighted by Crippen LogP contribution is -2.35. The van der Waals surface area contributed by atoms with E-state index in [2.05, 4.69) is 5.32 Å². The molecule has 28 heavy (non-hydrogen) atoms. The van der Waals surface area contributed by atoms with Gasteiger partial charge in [-0.05, 0) is 50.1 Å². The molecule has 1 aliphatic rings. The van der Waals surface area contributed by atoms with Crippen LogP contribution < -0.4 is 10.1 Å². The summed E-state index contributed by atoms with van der Waals surface area (Å²) in [6, 6.07) is 9.94. The van der Waals surface area contributed by atoms with Crippen LogP contribution in [0.2, 0.25) is 0 Å². The number of carbonyl (C=O) groups excluding carboxylic acids is 1. The highest BCUT2D eigenvalue weighted by molar-refractivity contribution is 7.89. The van der Waals surface area contributed by atoms with Crippen molar-refractivity contribution >= 4 is 21.6 Å². The fourth-order valence-corrected chi connectivity index (χ4v) is 4.68. The van der Waals surface area contributed by atoms with Crippen molar-refractivity contribution in [1.82, 2.24) is 4.31 Å². The van der Waals surface area contributed by atoms with E-state index < -0.39 is 21.7 Å². The highest BCUT2D eigenvalue weighted by atomic mass is 32.2. The van der Waals surface area contributed by atoms with E-state index in [9.17, 15) is 17.6 Å². The molecular formula is C20H23FN2O4S. The maximum absolute atomic E-state index is 13.9. The van der Waals surface area contributed by atoms with Gasteiger partial charge in [0.2, 0.25) is 10.0 Å². The van der Waals surface area contributed by atoms with Crippen LogP contribution in [0.3, 0.4) is 0 Å². The molecule has 0 saturated carbocycles. The number of piperidine rings is 1. The third-order valence-electron chi connectivity index (χ3n) is 4.57. The molecule has 1 amide bonds. The van der Waals surface area contributed by atoms with Crippen molar-refractivity contribution in [2.75, 3.05) is 25.0 Å². The van der Waals surface area contributed by atoms with Crippen LogP contribution in [0.15, 0.2) is 47.4 Å². The minimum absolute atomic E-state index is 0.0710. The third kappa shape index (κ3) is 4.34. The highest BCUT2D eigenvalue weighted by Gasteiger charge is 2.27. The largest absolute Gasteiger partial charge is 0.492 e. The van der Waals surface area contributed by atoms with Gasteiger partial charge in [-0.2, -0.15) is 4.31 Å². The van der Waals surface area contributed by atoms with Gasteiger partial charge < -0.3 is 10.1 Å². The van der Waals surface area contributed by atoms with Gasteiger partial charge in [0, 0.05) is 13.1 Å². The van der Waals surface area contributed by atoms with Gasteiger partial charge in [-0.3, -0.25) is 4.79 Å². The van der Waals surface area contributed by atoms with Crippen LogP contribution in [0, 0.1) is 5.82 Å². The van der Waals surface area contributed by atoms with Crippen molar-refractivity contribution in [2.24, 2.45) is 0 Å². The molecule has 3 rings (SSSR count). The number of nitrogens with one attached hydrogen (secondary N) is 1. The molecule has 8 heteroatoms. The molecule has 1 saturated heterocycles. The molecule has 6 nitrogen and oxygen atoms in total. The number of amides is 1. The van der Waals surface area contributed by atoms with Crippen LogP contribution in [0.5, 0.6) is 5.75 Å². The van der Waals surface area contributed by atoms with Gasteiger partial charge in [0.05, 0.1) is 22.8 Å². The monoisotopic (exact) mass is 406 g/mol. The molecule has 1 aliphatic heterocycles. The van der Waals surface area contributed by atoms with Crippen molar-refractivity contribution < 1.29 is 22.3 Å². The summed E-state index contributed by atoms with van der Waals surface area (Å²) in [7, 11) is -3.67. The van der Waals surface area contributed by atoms with Gasteiger partial charge in [0.25, 0.3) is 5.91 Å². The molecule has 0 radical (unpaired) electrons. The molecule has 0 atom stereocenters. The molecule has 0 bridgehead atoms. The Balaban J connectivity index is 1.93. The minimum Gasteiger partial charge on any atom is -0.492 e. The van der Waals surface area contributed by atoms with Crippen LogP contribution in [0.1, 0.15) is 36.5 Å². The maximum atomic E-state index is 13.9. The van der Waals surface area contributed by atoms with Crippen molar-refractivity contribution in [3.8, 4) is 5.75 Å². The van der Waals surface area contributed by atoms with E-state index in [4.69, 9.17) is 4.74 Å². The van der Waals surface area contributed by atoms with E-state index in [1.54, 1.807) is 13.0 Å². The highest BCUT2D eigenvalue weighted by Crippen LogP contribution is 2.30. The number of anilines is 1. The average molecular weight is 406 g/mol. The van der Waals surface area contributed by atoms with Gasteiger partial charge in [-0.1, -0.05) is 18.6 Å². The fourth-order valence-electron chi connectivity index (χ4n) is 3.14. The summed E-state index contributed by atoms with van der Waals surface area (Å²) >= 11 is 0. The summed E-state index contributed by atoms with van der Waals surface area (Å²) in [6.07, 6.45) is 2.67. The second-order valence-corrected chi connectivity index (χ2v) is 8.43. The number of halogens is 1. The zero-order chi connectivity index (χ0) is 20.1. The lowest BCUT2D eigenvalue weighted by molar-refractivity contribution is 0.102. The number of carbonyl (C=O) groups is 1. The Bertz CT molecular complexity index is 956. The fraction of sp³-hybridized carbons (Fsp3) is 0.350. The minimum atomic E-state index is -3.67. The van der Waals surface area contributed by atoms with Crippen molar-refractivity contribution in [2.45, 2.75) is 31.1 Å². The zero-order valence-electron chi connectivity index (χ0n) is 15.7. The number of benzene rings is 2. The molecule has 1 heterocycles. The second-order valence-electron chi connectivity index (χ2n) is 6.49. The van der Waals surface area contributed by atoms with Gasteiger partial charge in [0.15, 0.2) is 0 Å². The van der Waals surface area contributed by atoms with Crippen LogP contribution in [-0.2, 0) is 10.0 Å². The summed E-state index contributed by atoms with van der Waals surface area (Å²) in [4.78, 5) is 12.6. The summed E-state index contributed by atoms with van der Waals surface area (Å²) in [5.41, 5.74) is 0.0578. The van der Waals surface area contributed by atoms with Crippen molar-refractivity contribution in [3.63, 3.8) is 0 Å². The number of rotatable bonds is 6. The van der Waals surface area contributed by atoms with E-state index in [-0.39, 0.29) is 16.1 Å². The molecule has 0 aromatic heterocycles. The van der Waals surface area contributed by atoms with Gasteiger partial charge >= 0.3 is 0 Å². The number of hydrogen-bond donors (Lipinski definition) is 1. The van der Waals surface area contributed by atoms with E-state index >= 15 is 0 Å². The number of sulfonamides is 1. The normalized spacial score (nSPS) is 15.2. The summed E-state index contributed by atoms with van der Waals surface area (Å²) in [6.45, 7) is 3.07. The zero-order valence-corrected chi connectivity index (χ0v) is 16.5. The Morgan fingerprint density at radius 1 is 1.14 bits per heavy atom. The first-order chi connectivity index (χ1) is 13.4. The molecule has 0 unspecified atom stereocenters. The van der Waals surface area contributed by atoms with Gasteiger partial charge in [0.1, 0.15) is 11.6 Å². The smallest absolute Gasteiger partial charge is 0.258 e. The van der Waals surface area contributed by atoms with E-state index in [1.165, 1.54) is 40.7 Å². The molecule has 0 spiro atoms. The first-order valence-electron chi connectivity index (χ1n) is 9.26. The van der Waals surface area contributed by atoms with Gasteiger partial charge in [-0.15, -0.1) is 0 Å². The van der Waals surface area contributed by atoms with Crippen LogP contribution in [0.25, 0.3) is 0 Å². The Morgan fingerprint density at radius 3 is 2.54 bits per heavy atom. The predicted molar refractivity (Wildman–Crippen MR) is 105 cm³/mol. The average Bonchev–Trinajstić information content (AvgIpc) is 2.70. The lowest BCUT2D eigenvalue weighted by Gasteiger charge is -2.26. The maximum Gasteiger partial charge on any atom is 0.258 e. The lowest BCUT2D eigenvalue weighted by atomic mass is 10.2. The molecule has 150 valence electrons. The molecule has 1 N–H and O–H groups in total. The Hall–Kier alpha value is -2.45. The van der Waals surface area contributed by atoms with Gasteiger partial charge in [-0.25, -0.2) is 12.8 Å². The standard InChI is InChI=1S/C20H23FN2O4S/c1-2-27-19-11-10-15(28(25,26)23-12-6-3-7-13-23)14-18(19)22-20(24)16-8-4-5-9-17(16)21/h4-5,8-11,14H,2-3,6-7,12-13H2,1H3,(H,22,24). The van der Waals surface area contributed by atoms with Crippen LogP contribution in [0.4, 0.5) is 10.1 Å². The Labute approximate surface area is 164 Å². The van der Waals surface area contributed by atoms with Crippen LogP contribution in [-0.4, -0.2) is 38.3 Å². The second kappa shape index (κ2) is 8.70. The molecule has 0 aliphatic carbocycles. The molecular weight excluding hydrogens is 383 g/mol. The van der Waals surface area contributed by atoms with E-state index in [0.29, 0.717) is 25.4 Å². The van der Waals surface area contributed by atoms with Crippen molar-refractivity contribution in [3.05, 3.63) is 53.8 Å². The predicted octanol–water partition coefficient (Wildman–Crippen LogP) is 3.65. The number of nitrogens with zero attached hydrogens (tertiary/aromatic N) is 1.